The second-order valence-electron chi connectivity index (χ2n) is 8.37. The van der Waals surface area contributed by atoms with Crippen LogP contribution in [-0.4, -0.2) is 42.5 Å². The van der Waals surface area contributed by atoms with Gasteiger partial charge in [0.05, 0.1) is 0 Å². The number of carbonyl (C=O) groups excluding carboxylic acids is 2. The van der Waals surface area contributed by atoms with Gasteiger partial charge in [-0.15, -0.1) is 0 Å². The Morgan fingerprint density at radius 3 is 2.70 bits per heavy atom. The van der Waals surface area contributed by atoms with Gasteiger partial charge in [-0.05, 0) is 38.7 Å². The normalized spacial score (nSPS) is 21.2. The first-order valence-electron chi connectivity index (χ1n) is 10.8. The largest absolute Gasteiger partial charge is 0.402 e. The van der Waals surface area contributed by atoms with Crippen molar-refractivity contribution in [1.29, 1.82) is 0 Å². The zero-order chi connectivity index (χ0) is 22.0. The lowest BCUT2D eigenvalue weighted by Crippen LogP contribution is -2.50. The third-order valence-electron chi connectivity index (χ3n) is 5.44. The van der Waals surface area contributed by atoms with Crippen molar-refractivity contribution in [3.8, 4) is 0 Å². The molecule has 0 aromatic heterocycles. The molecule has 0 saturated heterocycles. The molecule has 0 aromatic carbocycles. The maximum Gasteiger partial charge on any atom is 0.288 e. The molecule has 1 atom stereocenters. The molecule has 1 unspecified atom stereocenters. The number of allylic oxidation sites excluding steroid dienone is 3. The summed E-state index contributed by atoms with van der Waals surface area (Å²) in [4.78, 5) is 33.2. The Bertz CT molecular complexity index is 754. The number of aliphatic imine (C=N–C) groups is 2. The van der Waals surface area contributed by atoms with Crippen molar-refractivity contribution in [2.45, 2.75) is 64.3 Å². The van der Waals surface area contributed by atoms with E-state index in [-0.39, 0.29) is 29.1 Å². The van der Waals surface area contributed by atoms with Crippen LogP contribution >= 0.6 is 0 Å². The molecule has 164 valence electrons. The summed E-state index contributed by atoms with van der Waals surface area (Å²) in [5.41, 5.74) is 6.44. The van der Waals surface area contributed by atoms with Crippen LogP contribution in [0.2, 0.25) is 0 Å². The summed E-state index contributed by atoms with van der Waals surface area (Å²) in [5.74, 6) is 0.136. The fourth-order valence-corrected chi connectivity index (χ4v) is 3.73. The SMILES string of the molecule is C=C(/C=C\C=C(\C)N)C(=O)NC1(CCCNC(=O)C2=NCC(C)C=N2)CCCCC1. The molecule has 2 aliphatic rings. The van der Waals surface area contributed by atoms with Gasteiger partial charge in [-0.1, -0.05) is 44.9 Å². The Balaban J connectivity index is 1.86. The zero-order valence-corrected chi connectivity index (χ0v) is 18.2. The number of nitrogens with zero attached hydrogens (tertiary/aromatic N) is 2. The van der Waals surface area contributed by atoms with E-state index >= 15 is 0 Å². The van der Waals surface area contributed by atoms with Crippen LogP contribution in [0, 0.1) is 5.92 Å². The predicted molar refractivity (Wildman–Crippen MR) is 122 cm³/mol. The van der Waals surface area contributed by atoms with E-state index in [9.17, 15) is 9.59 Å². The Hall–Kier alpha value is -2.70. The maximum absolute atomic E-state index is 12.7. The quantitative estimate of drug-likeness (QED) is 0.307. The van der Waals surface area contributed by atoms with Gasteiger partial charge in [0.2, 0.25) is 5.84 Å². The van der Waals surface area contributed by atoms with E-state index in [1.807, 2.05) is 6.92 Å². The summed E-state index contributed by atoms with van der Waals surface area (Å²) in [5, 5.41) is 6.12. The Morgan fingerprint density at radius 2 is 2.07 bits per heavy atom. The standard InChI is InChI=1S/C23H35N5O2/c1-17-15-26-20(27-16-17)22(30)25-14-8-13-23(11-5-4-6-12-23)28-21(29)18(2)9-7-10-19(3)24/h7,9-10,15,17H,2,4-6,8,11-14,16,24H2,1,3H3,(H,25,30)(H,28,29)/b9-7-,19-10-. The molecule has 1 aliphatic carbocycles. The molecular weight excluding hydrogens is 378 g/mol. The molecular formula is C23H35N5O2. The van der Waals surface area contributed by atoms with E-state index in [4.69, 9.17) is 5.73 Å². The van der Waals surface area contributed by atoms with Crippen molar-refractivity contribution in [3.05, 3.63) is 36.1 Å². The molecule has 1 saturated carbocycles. The van der Waals surface area contributed by atoms with Gasteiger partial charge in [-0.3, -0.25) is 14.6 Å². The second-order valence-corrected chi connectivity index (χ2v) is 8.37. The Morgan fingerprint density at radius 1 is 1.33 bits per heavy atom. The summed E-state index contributed by atoms with van der Waals surface area (Å²) in [6, 6.07) is 0. The lowest BCUT2D eigenvalue weighted by molar-refractivity contribution is -0.119. The van der Waals surface area contributed by atoms with Gasteiger partial charge in [0.1, 0.15) is 0 Å². The van der Waals surface area contributed by atoms with E-state index in [2.05, 4.69) is 27.2 Å². The van der Waals surface area contributed by atoms with Gasteiger partial charge in [-0.2, -0.15) is 0 Å². The van der Waals surface area contributed by atoms with Crippen LogP contribution in [0.3, 0.4) is 0 Å². The number of nitrogens with two attached hydrogens (primary N) is 1. The van der Waals surface area contributed by atoms with Crippen molar-refractivity contribution in [1.82, 2.24) is 10.6 Å². The highest BCUT2D eigenvalue weighted by atomic mass is 16.2. The van der Waals surface area contributed by atoms with Crippen LogP contribution in [0.25, 0.3) is 0 Å². The van der Waals surface area contributed by atoms with Crippen LogP contribution in [-0.2, 0) is 9.59 Å². The first-order chi connectivity index (χ1) is 14.3. The zero-order valence-electron chi connectivity index (χ0n) is 18.2. The van der Waals surface area contributed by atoms with E-state index in [0.717, 1.165) is 38.5 Å². The average Bonchev–Trinajstić information content (AvgIpc) is 2.72. The summed E-state index contributed by atoms with van der Waals surface area (Å²) in [6.45, 7) is 8.80. The van der Waals surface area contributed by atoms with Crippen molar-refractivity contribution in [2.24, 2.45) is 21.6 Å². The molecule has 7 heteroatoms. The van der Waals surface area contributed by atoms with Crippen LogP contribution in [0.4, 0.5) is 0 Å². The molecule has 2 amide bonds. The first kappa shape index (κ1) is 23.6. The van der Waals surface area contributed by atoms with Crippen molar-refractivity contribution < 1.29 is 9.59 Å². The van der Waals surface area contributed by atoms with E-state index in [0.29, 0.717) is 24.4 Å². The van der Waals surface area contributed by atoms with Gasteiger partial charge in [0.25, 0.3) is 11.8 Å². The molecule has 0 bridgehead atoms. The Labute approximate surface area is 179 Å². The number of nitrogens with one attached hydrogen (secondary N) is 2. The summed E-state index contributed by atoms with van der Waals surface area (Å²) >= 11 is 0. The lowest BCUT2D eigenvalue weighted by atomic mass is 9.78. The minimum Gasteiger partial charge on any atom is -0.402 e. The summed E-state index contributed by atoms with van der Waals surface area (Å²) < 4.78 is 0. The fourth-order valence-electron chi connectivity index (χ4n) is 3.73. The summed E-state index contributed by atoms with van der Waals surface area (Å²) in [7, 11) is 0. The monoisotopic (exact) mass is 413 g/mol. The number of amides is 2. The molecule has 2 rings (SSSR count). The molecule has 1 fully saturated rings. The number of hydrogen-bond donors (Lipinski definition) is 3. The molecule has 0 aromatic rings. The molecule has 1 heterocycles. The number of carbonyl (C=O) groups is 2. The minimum absolute atomic E-state index is 0.153. The van der Waals surface area contributed by atoms with Gasteiger partial charge in [-0.25, -0.2) is 4.99 Å². The van der Waals surface area contributed by atoms with Crippen molar-refractivity contribution in [2.75, 3.05) is 13.1 Å². The molecule has 4 N–H and O–H groups in total. The number of hydrogen-bond acceptors (Lipinski definition) is 5. The number of rotatable bonds is 9. The van der Waals surface area contributed by atoms with E-state index in [1.165, 1.54) is 6.42 Å². The molecule has 0 radical (unpaired) electrons. The molecule has 30 heavy (non-hydrogen) atoms. The van der Waals surface area contributed by atoms with Crippen LogP contribution in [0.5, 0.6) is 0 Å². The smallest absolute Gasteiger partial charge is 0.288 e. The fraction of sp³-hybridized carbons (Fsp3) is 0.565. The average molecular weight is 414 g/mol. The second kappa shape index (κ2) is 11.5. The number of amidine groups is 1. The summed E-state index contributed by atoms with van der Waals surface area (Å²) in [6.07, 6.45) is 13.8. The van der Waals surface area contributed by atoms with Crippen LogP contribution in [0.15, 0.2) is 46.1 Å². The van der Waals surface area contributed by atoms with Gasteiger partial charge in [0.15, 0.2) is 0 Å². The first-order valence-corrected chi connectivity index (χ1v) is 10.8. The third kappa shape index (κ3) is 7.61. The van der Waals surface area contributed by atoms with Gasteiger partial charge in [0, 0.05) is 42.0 Å². The highest BCUT2D eigenvalue weighted by Gasteiger charge is 2.33. The van der Waals surface area contributed by atoms with Crippen LogP contribution < -0.4 is 16.4 Å². The minimum atomic E-state index is -0.244. The molecule has 0 spiro atoms. The third-order valence-corrected chi connectivity index (χ3v) is 5.44. The Kier molecular flexibility index (Phi) is 9.02. The van der Waals surface area contributed by atoms with Crippen molar-refractivity contribution >= 4 is 23.9 Å². The molecule has 7 nitrogen and oxygen atoms in total. The topological polar surface area (TPSA) is 109 Å². The maximum atomic E-state index is 12.7. The van der Waals surface area contributed by atoms with Gasteiger partial charge >= 0.3 is 0 Å². The molecule has 1 aliphatic heterocycles. The van der Waals surface area contributed by atoms with E-state index < -0.39 is 0 Å². The highest BCUT2D eigenvalue weighted by molar-refractivity contribution is 6.39. The highest BCUT2D eigenvalue weighted by Crippen LogP contribution is 2.32. The van der Waals surface area contributed by atoms with Gasteiger partial charge < -0.3 is 16.4 Å². The lowest BCUT2D eigenvalue weighted by Gasteiger charge is -2.38. The van der Waals surface area contributed by atoms with Crippen LogP contribution in [0.1, 0.15) is 58.8 Å². The van der Waals surface area contributed by atoms with Crippen molar-refractivity contribution in [3.63, 3.8) is 0 Å². The van der Waals surface area contributed by atoms with E-state index in [1.54, 1.807) is 31.4 Å². The predicted octanol–water partition coefficient (Wildman–Crippen LogP) is 2.80.